The highest BCUT2D eigenvalue weighted by Crippen LogP contribution is 2.20. The third-order valence-electron chi connectivity index (χ3n) is 5.18. The molecule has 1 saturated heterocycles. The second-order valence-electron chi connectivity index (χ2n) is 7.50. The number of hydrogen-bond acceptors (Lipinski definition) is 2. The summed E-state index contributed by atoms with van der Waals surface area (Å²) in [5.41, 5.74) is 4.41. The Morgan fingerprint density at radius 2 is 1.93 bits per heavy atom. The van der Waals surface area contributed by atoms with E-state index in [2.05, 4.69) is 34.6 Å². The molecule has 0 atom stereocenters. The summed E-state index contributed by atoms with van der Waals surface area (Å²) < 4.78 is 0. The zero-order chi connectivity index (χ0) is 19.2. The Morgan fingerprint density at radius 1 is 1.15 bits per heavy atom. The number of halogens is 1. The van der Waals surface area contributed by atoms with Crippen molar-refractivity contribution < 1.29 is 4.79 Å². The predicted molar refractivity (Wildman–Crippen MR) is 112 cm³/mol. The number of anilines is 1. The van der Waals surface area contributed by atoms with Crippen LogP contribution in [0.25, 0.3) is 0 Å². The van der Waals surface area contributed by atoms with Crippen molar-refractivity contribution >= 4 is 23.3 Å². The van der Waals surface area contributed by atoms with Crippen LogP contribution in [-0.4, -0.2) is 30.6 Å². The van der Waals surface area contributed by atoms with Crippen LogP contribution in [0.2, 0.25) is 5.02 Å². The maximum Gasteiger partial charge on any atom is 0.319 e. The molecule has 0 saturated carbocycles. The monoisotopic (exact) mass is 385 g/mol. The molecule has 0 spiro atoms. The minimum Gasteiger partial charge on any atom is -0.338 e. The van der Waals surface area contributed by atoms with Crippen molar-refractivity contribution in [2.45, 2.75) is 33.2 Å². The molecule has 0 aliphatic carbocycles. The van der Waals surface area contributed by atoms with Gasteiger partial charge < -0.3 is 10.6 Å². The van der Waals surface area contributed by atoms with Crippen molar-refractivity contribution in [2.24, 2.45) is 5.92 Å². The van der Waals surface area contributed by atoms with Crippen molar-refractivity contribution in [2.75, 3.05) is 25.0 Å². The van der Waals surface area contributed by atoms with Crippen molar-refractivity contribution in [3.8, 4) is 0 Å². The van der Waals surface area contributed by atoms with Crippen LogP contribution in [0.5, 0.6) is 0 Å². The first-order chi connectivity index (χ1) is 13.0. The highest BCUT2D eigenvalue weighted by Gasteiger charge is 2.20. The number of urea groups is 1. The van der Waals surface area contributed by atoms with Gasteiger partial charge in [-0.3, -0.25) is 4.90 Å². The average Bonchev–Trinajstić information content (AvgIpc) is 2.64. The van der Waals surface area contributed by atoms with E-state index in [1.54, 1.807) is 0 Å². The fraction of sp³-hybridized carbons (Fsp3) is 0.409. The molecule has 2 aromatic carbocycles. The lowest BCUT2D eigenvalue weighted by Gasteiger charge is -2.32. The first-order valence-corrected chi connectivity index (χ1v) is 9.96. The number of nitrogens with one attached hydrogen (secondary N) is 2. The summed E-state index contributed by atoms with van der Waals surface area (Å²) in [6, 6.07) is 14.0. The van der Waals surface area contributed by atoms with E-state index < -0.39 is 0 Å². The van der Waals surface area contributed by atoms with Gasteiger partial charge in [0.15, 0.2) is 0 Å². The maximum absolute atomic E-state index is 12.2. The van der Waals surface area contributed by atoms with Gasteiger partial charge in [-0.1, -0.05) is 41.4 Å². The van der Waals surface area contributed by atoms with E-state index >= 15 is 0 Å². The van der Waals surface area contributed by atoms with Gasteiger partial charge in [0.25, 0.3) is 0 Å². The highest BCUT2D eigenvalue weighted by atomic mass is 35.5. The number of nitrogens with zero attached hydrogens (tertiary/aromatic N) is 1. The summed E-state index contributed by atoms with van der Waals surface area (Å²) in [6.45, 7) is 7.83. The van der Waals surface area contributed by atoms with Crippen LogP contribution < -0.4 is 10.6 Å². The summed E-state index contributed by atoms with van der Waals surface area (Å²) in [7, 11) is 0. The van der Waals surface area contributed by atoms with Gasteiger partial charge in [0.05, 0.1) is 0 Å². The van der Waals surface area contributed by atoms with Gasteiger partial charge >= 0.3 is 6.03 Å². The summed E-state index contributed by atoms with van der Waals surface area (Å²) in [5, 5.41) is 6.77. The van der Waals surface area contributed by atoms with Gasteiger partial charge in [0.2, 0.25) is 0 Å². The van der Waals surface area contributed by atoms with Gasteiger partial charge in [-0.05, 0) is 75.0 Å². The number of benzene rings is 2. The highest BCUT2D eigenvalue weighted by molar-refractivity contribution is 6.30. The summed E-state index contributed by atoms with van der Waals surface area (Å²) in [4.78, 5) is 14.6. The number of carbonyl (C=O) groups is 1. The number of piperidine rings is 1. The Labute approximate surface area is 166 Å². The molecule has 1 fully saturated rings. The molecule has 2 N–H and O–H groups in total. The Balaban J connectivity index is 1.39. The quantitative estimate of drug-likeness (QED) is 0.761. The third kappa shape index (κ3) is 5.98. The molecule has 0 bridgehead atoms. The Kier molecular flexibility index (Phi) is 6.75. The molecule has 1 aliphatic rings. The van der Waals surface area contributed by atoms with E-state index in [0.29, 0.717) is 5.92 Å². The molecule has 0 unspecified atom stereocenters. The minimum absolute atomic E-state index is 0.122. The van der Waals surface area contributed by atoms with E-state index in [9.17, 15) is 4.79 Å². The normalized spacial score (nSPS) is 15.5. The SMILES string of the molecule is Cc1ccc(NC(=O)NCC2CCN(Cc3cccc(Cl)c3)CC2)c(C)c1. The van der Waals surface area contributed by atoms with Gasteiger partial charge in [-0.2, -0.15) is 0 Å². The zero-order valence-corrected chi connectivity index (χ0v) is 16.9. The second kappa shape index (κ2) is 9.25. The van der Waals surface area contributed by atoms with Gasteiger partial charge in [-0.15, -0.1) is 0 Å². The number of hydrogen-bond donors (Lipinski definition) is 2. The molecular weight excluding hydrogens is 358 g/mol. The molecule has 0 aromatic heterocycles. The molecule has 5 heteroatoms. The number of rotatable bonds is 5. The number of aryl methyl sites for hydroxylation is 2. The first kappa shape index (κ1) is 19.7. The van der Waals surface area contributed by atoms with Crippen molar-refractivity contribution in [3.63, 3.8) is 0 Å². The second-order valence-corrected chi connectivity index (χ2v) is 7.94. The molecular formula is C22H28ClN3O. The lowest BCUT2D eigenvalue weighted by atomic mass is 9.96. The molecule has 27 heavy (non-hydrogen) atoms. The first-order valence-electron chi connectivity index (χ1n) is 9.58. The fourth-order valence-electron chi connectivity index (χ4n) is 3.60. The van der Waals surface area contributed by atoms with E-state index in [-0.39, 0.29) is 6.03 Å². The van der Waals surface area contributed by atoms with Gasteiger partial charge in [0.1, 0.15) is 0 Å². The number of likely N-dealkylation sites (tertiary alicyclic amines) is 1. The molecule has 0 radical (unpaired) electrons. The minimum atomic E-state index is -0.122. The molecule has 1 aliphatic heterocycles. The van der Waals surface area contributed by atoms with Crippen LogP contribution in [0, 0.1) is 19.8 Å². The van der Waals surface area contributed by atoms with Crippen LogP contribution in [0.3, 0.4) is 0 Å². The van der Waals surface area contributed by atoms with Crippen molar-refractivity contribution in [3.05, 3.63) is 64.2 Å². The van der Waals surface area contributed by atoms with Crippen molar-refractivity contribution in [1.82, 2.24) is 10.2 Å². The Bertz CT molecular complexity index is 785. The lowest BCUT2D eigenvalue weighted by molar-refractivity contribution is 0.176. The topological polar surface area (TPSA) is 44.4 Å². The van der Waals surface area contributed by atoms with Crippen LogP contribution in [-0.2, 0) is 6.54 Å². The maximum atomic E-state index is 12.2. The van der Waals surface area contributed by atoms with E-state index in [0.717, 1.165) is 55.3 Å². The summed E-state index contributed by atoms with van der Waals surface area (Å²) >= 11 is 6.07. The zero-order valence-electron chi connectivity index (χ0n) is 16.1. The van der Waals surface area contributed by atoms with Crippen LogP contribution in [0.15, 0.2) is 42.5 Å². The molecule has 1 heterocycles. The van der Waals surface area contributed by atoms with Gasteiger partial charge in [0, 0.05) is 23.8 Å². The smallest absolute Gasteiger partial charge is 0.319 e. The number of amides is 2. The number of carbonyl (C=O) groups excluding carboxylic acids is 1. The average molecular weight is 386 g/mol. The van der Waals surface area contributed by atoms with E-state index in [1.165, 1.54) is 11.1 Å². The van der Waals surface area contributed by atoms with Crippen LogP contribution in [0.4, 0.5) is 10.5 Å². The van der Waals surface area contributed by atoms with Crippen molar-refractivity contribution in [1.29, 1.82) is 0 Å². The van der Waals surface area contributed by atoms with Crippen LogP contribution in [0.1, 0.15) is 29.5 Å². The van der Waals surface area contributed by atoms with E-state index in [4.69, 9.17) is 11.6 Å². The summed E-state index contributed by atoms with van der Waals surface area (Å²) in [6.07, 6.45) is 2.20. The lowest BCUT2D eigenvalue weighted by Crippen LogP contribution is -2.39. The molecule has 4 nitrogen and oxygen atoms in total. The predicted octanol–water partition coefficient (Wildman–Crippen LogP) is 4.99. The van der Waals surface area contributed by atoms with Crippen LogP contribution >= 0.6 is 11.6 Å². The molecule has 2 amide bonds. The summed E-state index contributed by atoms with van der Waals surface area (Å²) in [5.74, 6) is 0.533. The largest absolute Gasteiger partial charge is 0.338 e. The molecule has 144 valence electrons. The Hall–Kier alpha value is -2.04. The third-order valence-corrected chi connectivity index (χ3v) is 5.42. The standard InChI is InChI=1S/C22H28ClN3O/c1-16-6-7-21(17(2)12-16)25-22(27)24-14-18-8-10-26(11-9-18)15-19-4-3-5-20(23)13-19/h3-7,12-13,18H,8-11,14-15H2,1-2H3,(H2,24,25,27). The van der Waals surface area contributed by atoms with E-state index in [1.807, 2.05) is 37.3 Å². The van der Waals surface area contributed by atoms with Gasteiger partial charge in [-0.25, -0.2) is 4.79 Å². The fourth-order valence-corrected chi connectivity index (χ4v) is 3.81. The Morgan fingerprint density at radius 3 is 2.63 bits per heavy atom. The molecule has 3 rings (SSSR count). The molecule has 2 aromatic rings.